The molecule has 4 heteroatoms. The molecule has 4 nitrogen and oxygen atoms in total. The van der Waals surface area contributed by atoms with E-state index in [0.717, 1.165) is 29.2 Å². The smallest absolute Gasteiger partial charge is 0.120 e. The Hall–Kier alpha value is -2.20. The minimum absolute atomic E-state index is 0.525. The van der Waals surface area contributed by atoms with Crippen LogP contribution in [-0.2, 0) is 6.61 Å². The van der Waals surface area contributed by atoms with E-state index in [1.165, 1.54) is 0 Å². The van der Waals surface area contributed by atoms with Gasteiger partial charge in [0.2, 0.25) is 0 Å². The minimum Gasteiger partial charge on any atom is -0.497 e. The predicted molar refractivity (Wildman–Crippen MR) is 82.9 cm³/mol. The van der Waals surface area contributed by atoms with Crippen LogP contribution in [0.3, 0.4) is 0 Å². The summed E-state index contributed by atoms with van der Waals surface area (Å²) >= 11 is 0. The Morgan fingerprint density at radius 2 is 1.38 bits per heavy atom. The zero-order chi connectivity index (χ0) is 14.9. The molecule has 0 amide bonds. The molecule has 0 saturated carbocycles. The first-order valence-corrected chi connectivity index (χ1v) is 7.00. The molecule has 0 radical (unpaired) electrons. The molecule has 0 saturated heterocycles. The Morgan fingerprint density at radius 1 is 0.810 bits per heavy atom. The third kappa shape index (κ3) is 5.00. The third-order valence-corrected chi connectivity index (χ3v) is 3.01. The van der Waals surface area contributed by atoms with E-state index in [2.05, 4.69) is 0 Å². The van der Waals surface area contributed by atoms with Gasteiger partial charge in [-0.25, -0.2) is 0 Å². The van der Waals surface area contributed by atoms with Crippen molar-refractivity contribution in [3.8, 4) is 17.2 Å². The van der Waals surface area contributed by atoms with E-state index in [9.17, 15) is 0 Å². The molecule has 0 unspecified atom stereocenters. The largest absolute Gasteiger partial charge is 0.497 e. The van der Waals surface area contributed by atoms with Gasteiger partial charge in [0.25, 0.3) is 0 Å². The summed E-state index contributed by atoms with van der Waals surface area (Å²) in [4.78, 5) is 0. The molecular weight excluding hydrogens is 266 g/mol. The number of hydrogen-bond acceptors (Lipinski definition) is 4. The first-order chi connectivity index (χ1) is 10.3. The summed E-state index contributed by atoms with van der Waals surface area (Å²) in [6.07, 6.45) is 0.857. The van der Waals surface area contributed by atoms with Crippen molar-refractivity contribution < 1.29 is 14.2 Å². The highest BCUT2D eigenvalue weighted by atomic mass is 16.5. The van der Waals surface area contributed by atoms with E-state index < -0.39 is 0 Å². The second-order valence-electron chi connectivity index (χ2n) is 4.60. The second-order valence-corrected chi connectivity index (χ2v) is 4.60. The van der Waals surface area contributed by atoms with E-state index in [-0.39, 0.29) is 0 Å². The van der Waals surface area contributed by atoms with Gasteiger partial charge >= 0.3 is 0 Å². The molecule has 0 spiro atoms. The van der Waals surface area contributed by atoms with Crippen LogP contribution in [0.2, 0.25) is 0 Å². The fourth-order valence-electron chi connectivity index (χ4n) is 1.79. The first-order valence-electron chi connectivity index (χ1n) is 7.00. The average Bonchev–Trinajstić information content (AvgIpc) is 2.55. The van der Waals surface area contributed by atoms with E-state index in [1.807, 2.05) is 48.5 Å². The Morgan fingerprint density at radius 3 is 1.95 bits per heavy atom. The highest BCUT2D eigenvalue weighted by molar-refractivity contribution is 5.32. The SMILES string of the molecule is COc1ccc(COc2ccc(OCCCN)cc2)cc1. The molecule has 0 bridgehead atoms. The molecule has 0 aliphatic heterocycles. The van der Waals surface area contributed by atoms with Crippen LogP contribution in [0.15, 0.2) is 48.5 Å². The van der Waals surface area contributed by atoms with E-state index >= 15 is 0 Å². The summed E-state index contributed by atoms with van der Waals surface area (Å²) in [5, 5.41) is 0. The van der Waals surface area contributed by atoms with Crippen LogP contribution in [-0.4, -0.2) is 20.3 Å². The summed E-state index contributed by atoms with van der Waals surface area (Å²) in [7, 11) is 1.66. The number of nitrogens with two attached hydrogens (primary N) is 1. The van der Waals surface area contributed by atoms with E-state index in [1.54, 1.807) is 7.11 Å². The molecule has 21 heavy (non-hydrogen) atoms. The zero-order valence-corrected chi connectivity index (χ0v) is 12.2. The van der Waals surface area contributed by atoms with Gasteiger partial charge in [-0.1, -0.05) is 12.1 Å². The maximum atomic E-state index is 5.73. The van der Waals surface area contributed by atoms with Crippen LogP contribution in [0.25, 0.3) is 0 Å². The third-order valence-electron chi connectivity index (χ3n) is 3.01. The van der Waals surface area contributed by atoms with Crippen molar-refractivity contribution in [2.24, 2.45) is 5.73 Å². The fraction of sp³-hybridized carbons (Fsp3) is 0.294. The van der Waals surface area contributed by atoms with Gasteiger partial charge in [0.1, 0.15) is 23.9 Å². The molecule has 0 aliphatic rings. The van der Waals surface area contributed by atoms with Crippen LogP contribution >= 0.6 is 0 Å². The molecular formula is C17H21NO3. The standard InChI is InChI=1S/C17H21NO3/c1-19-15-5-3-14(4-6-15)13-21-17-9-7-16(8-10-17)20-12-2-11-18/h3-10H,2,11-13,18H2,1H3. The van der Waals surface area contributed by atoms with Crippen molar-refractivity contribution in [1.82, 2.24) is 0 Å². The van der Waals surface area contributed by atoms with Crippen LogP contribution in [0.1, 0.15) is 12.0 Å². The van der Waals surface area contributed by atoms with Gasteiger partial charge in [0.05, 0.1) is 13.7 Å². The average molecular weight is 287 g/mol. The molecule has 2 aromatic carbocycles. The van der Waals surface area contributed by atoms with Crippen molar-refractivity contribution in [2.45, 2.75) is 13.0 Å². The quantitative estimate of drug-likeness (QED) is 0.758. The molecule has 0 aliphatic carbocycles. The van der Waals surface area contributed by atoms with Crippen molar-refractivity contribution in [1.29, 1.82) is 0 Å². The Balaban J connectivity index is 1.82. The minimum atomic E-state index is 0.525. The first kappa shape index (κ1) is 15.2. The molecule has 112 valence electrons. The van der Waals surface area contributed by atoms with Gasteiger partial charge in [-0.2, -0.15) is 0 Å². The lowest BCUT2D eigenvalue weighted by Gasteiger charge is -2.09. The maximum Gasteiger partial charge on any atom is 0.120 e. The van der Waals surface area contributed by atoms with Crippen molar-refractivity contribution in [3.63, 3.8) is 0 Å². The molecule has 0 aromatic heterocycles. The maximum absolute atomic E-state index is 5.73. The summed E-state index contributed by atoms with van der Waals surface area (Å²) in [5.74, 6) is 2.50. The summed E-state index contributed by atoms with van der Waals surface area (Å²) in [6.45, 7) is 1.81. The Bertz CT molecular complexity index is 523. The number of rotatable bonds is 8. The number of methoxy groups -OCH3 is 1. The molecule has 2 N–H and O–H groups in total. The molecule has 2 aromatic rings. The lowest BCUT2D eigenvalue weighted by atomic mass is 10.2. The highest BCUT2D eigenvalue weighted by Gasteiger charge is 1.99. The molecule has 0 heterocycles. The zero-order valence-electron chi connectivity index (χ0n) is 12.2. The van der Waals surface area contributed by atoms with E-state index in [4.69, 9.17) is 19.9 Å². The molecule has 0 fully saturated rings. The van der Waals surface area contributed by atoms with Crippen LogP contribution in [0, 0.1) is 0 Å². The topological polar surface area (TPSA) is 53.7 Å². The monoisotopic (exact) mass is 287 g/mol. The van der Waals surface area contributed by atoms with Crippen molar-refractivity contribution in [3.05, 3.63) is 54.1 Å². The lowest BCUT2D eigenvalue weighted by molar-refractivity contribution is 0.300. The number of hydrogen-bond donors (Lipinski definition) is 1. The van der Waals surface area contributed by atoms with Crippen molar-refractivity contribution >= 4 is 0 Å². The molecule has 0 atom stereocenters. The predicted octanol–water partition coefficient (Wildman–Crippen LogP) is 3.00. The van der Waals surface area contributed by atoms with Crippen LogP contribution in [0.5, 0.6) is 17.2 Å². The lowest BCUT2D eigenvalue weighted by Crippen LogP contribution is -2.06. The van der Waals surface area contributed by atoms with E-state index in [0.29, 0.717) is 19.8 Å². The Labute approximate surface area is 125 Å². The van der Waals surface area contributed by atoms with Gasteiger partial charge in [-0.15, -0.1) is 0 Å². The van der Waals surface area contributed by atoms with Crippen molar-refractivity contribution in [2.75, 3.05) is 20.3 Å². The normalized spacial score (nSPS) is 10.2. The summed E-state index contributed by atoms with van der Waals surface area (Å²) < 4.78 is 16.4. The highest BCUT2D eigenvalue weighted by Crippen LogP contribution is 2.19. The molecule has 2 rings (SSSR count). The van der Waals surface area contributed by atoms with Gasteiger partial charge in [0.15, 0.2) is 0 Å². The van der Waals surface area contributed by atoms with Gasteiger partial charge in [-0.05, 0) is 54.9 Å². The number of ether oxygens (including phenoxy) is 3. The van der Waals surface area contributed by atoms with Gasteiger partial charge in [0, 0.05) is 0 Å². The van der Waals surface area contributed by atoms with Crippen LogP contribution < -0.4 is 19.9 Å². The fourth-order valence-corrected chi connectivity index (χ4v) is 1.79. The van der Waals surface area contributed by atoms with Crippen LogP contribution in [0.4, 0.5) is 0 Å². The van der Waals surface area contributed by atoms with Gasteiger partial charge < -0.3 is 19.9 Å². The Kier molecular flexibility index (Phi) is 5.91. The number of benzene rings is 2. The summed E-state index contributed by atoms with van der Waals surface area (Å²) in [6, 6.07) is 15.4. The second kappa shape index (κ2) is 8.17. The summed E-state index contributed by atoms with van der Waals surface area (Å²) in [5.41, 5.74) is 6.52. The van der Waals surface area contributed by atoms with Gasteiger partial charge in [-0.3, -0.25) is 0 Å².